The molecule has 112 valence electrons. The predicted octanol–water partition coefficient (Wildman–Crippen LogP) is 3.59. The molecule has 0 radical (unpaired) electrons. The van der Waals surface area contributed by atoms with Crippen molar-refractivity contribution in [1.82, 2.24) is 10.3 Å². The molecule has 1 saturated carbocycles. The molecule has 4 N–H and O–H groups in total. The number of rotatable bonds is 2. The van der Waals surface area contributed by atoms with Gasteiger partial charge in [0.25, 0.3) is 5.91 Å². The van der Waals surface area contributed by atoms with Crippen molar-refractivity contribution < 1.29 is 4.79 Å². The lowest BCUT2D eigenvalue weighted by Crippen LogP contribution is -2.35. The van der Waals surface area contributed by atoms with Gasteiger partial charge in [0, 0.05) is 28.8 Å². The maximum absolute atomic E-state index is 12.5. The standard InChI is InChI=1S/C17H23N3O/c18-12-8-9-14-15(11-19-16(14)10-12)17(21)20-13-6-4-2-1-3-5-7-13/h8-11,13,19H,1-7,18H2,(H,20,21). The second-order valence-electron chi connectivity index (χ2n) is 6.02. The first-order chi connectivity index (χ1) is 10.2. The Balaban J connectivity index is 1.74. The summed E-state index contributed by atoms with van der Waals surface area (Å²) in [5.74, 6) is 0.0246. The molecule has 0 spiro atoms. The Morgan fingerprint density at radius 3 is 2.62 bits per heavy atom. The van der Waals surface area contributed by atoms with Gasteiger partial charge >= 0.3 is 0 Å². The number of aromatic amines is 1. The van der Waals surface area contributed by atoms with Crippen LogP contribution < -0.4 is 11.1 Å². The minimum atomic E-state index is 0.0246. The van der Waals surface area contributed by atoms with Gasteiger partial charge in [0.2, 0.25) is 0 Å². The lowest BCUT2D eigenvalue weighted by molar-refractivity contribution is 0.0932. The van der Waals surface area contributed by atoms with Gasteiger partial charge in [-0.05, 0) is 31.0 Å². The highest BCUT2D eigenvalue weighted by atomic mass is 16.1. The van der Waals surface area contributed by atoms with Gasteiger partial charge in [-0.25, -0.2) is 0 Å². The van der Waals surface area contributed by atoms with Gasteiger partial charge in [-0.2, -0.15) is 0 Å². The number of nitrogen functional groups attached to an aromatic ring is 1. The maximum atomic E-state index is 12.5. The number of nitrogens with two attached hydrogens (primary N) is 1. The third-order valence-corrected chi connectivity index (χ3v) is 4.39. The van der Waals surface area contributed by atoms with E-state index in [1.165, 1.54) is 32.1 Å². The fourth-order valence-electron chi connectivity index (χ4n) is 3.20. The molecule has 0 atom stereocenters. The summed E-state index contributed by atoms with van der Waals surface area (Å²) in [6, 6.07) is 5.93. The molecule has 1 aromatic heterocycles. The summed E-state index contributed by atoms with van der Waals surface area (Å²) in [7, 11) is 0. The zero-order valence-corrected chi connectivity index (χ0v) is 12.3. The molecule has 4 heteroatoms. The molecule has 1 fully saturated rings. The van der Waals surface area contributed by atoms with E-state index in [0.29, 0.717) is 17.3 Å². The Hall–Kier alpha value is -1.97. The summed E-state index contributed by atoms with van der Waals surface area (Å²) in [6.07, 6.45) is 10.3. The second kappa shape index (κ2) is 6.20. The highest BCUT2D eigenvalue weighted by Gasteiger charge is 2.17. The summed E-state index contributed by atoms with van der Waals surface area (Å²) < 4.78 is 0. The Labute approximate surface area is 125 Å². The van der Waals surface area contributed by atoms with Crippen LogP contribution in [0.1, 0.15) is 55.3 Å². The molecule has 21 heavy (non-hydrogen) atoms. The van der Waals surface area contributed by atoms with Crippen molar-refractivity contribution in [3.63, 3.8) is 0 Å². The molecule has 1 heterocycles. The SMILES string of the molecule is Nc1ccc2c(C(=O)NC3CCCCCCC3)c[nH]c2c1. The summed E-state index contributed by atoms with van der Waals surface area (Å²) >= 11 is 0. The molecule has 1 amide bonds. The highest BCUT2D eigenvalue weighted by molar-refractivity contribution is 6.07. The number of carbonyl (C=O) groups is 1. The molecule has 0 unspecified atom stereocenters. The fourth-order valence-corrected chi connectivity index (χ4v) is 3.20. The minimum absolute atomic E-state index is 0.0246. The van der Waals surface area contributed by atoms with Crippen molar-refractivity contribution in [3.05, 3.63) is 30.0 Å². The molecule has 3 rings (SSSR count). The summed E-state index contributed by atoms with van der Waals surface area (Å²) in [6.45, 7) is 0. The van der Waals surface area contributed by atoms with Crippen LogP contribution in [-0.2, 0) is 0 Å². The normalized spacial score (nSPS) is 17.3. The van der Waals surface area contributed by atoms with Gasteiger partial charge in [-0.1, -0.05) is 32.1 Å². The minimum Gasteiger partial charge on any atom is -0.399 e. The van der Waals surface area contributed by atoms with E-state index in [9.17, 15) is 4.79 Å². The molecular weight excluding hydrogens is 262 g/mol. The van der Waals surface area contributed by atoms with Crippen molar-refractivity contribution in [2.45, 2.75) is 51.0 Å². The number of hydrogen-bond acceptors (Lipinski definition) is 2. The molecule has 1 aromatic carbocycles. The van der Waals surface area contributed by atoms with Crippen molar-refractivity contribution in [3.8, 4) is 0 Å². The van der Waals surface area contributed by atoms with E-state index in [2.05, 4.69) is 10.3 Å². The second-order valence-corrected chi connectivity index (χ2v) is 6.02. The molecular formula is C17H23N3O. The van der Waals surface area contributed by atoms with E-state index in [0.717, 1.165) is 23.7 Å². The zero-order chi connectivity index (χ0) is 14.7. The van der Waals surface area contributed by atoms with Crippen LogP contribution in [0.15, 0.2) is 24.4 Å². The first-order valence-corrected chi connectivity index (χ1v) is 7.91. The number of fused-ring (bicyclic) bond motifs is 1. The number of nitrogens with one attached hydrogen (secondary N) is 2. The predicted molar refractivity (Wildman–Crippen MR) is 86.3 cm³/mol. The number of carbonyl (C=O) groups excluding carboxylic acids is 1. The van der Waals surface area contributed by atoms with Crippen LogP contribution in [0, 0.1) is 0 Å². The summed E-state index contributed by atoms with van der Waals surface area (Å²) in [4.78, 5) is 15.6. The number of anilines is 1. The van der Waals surface area contributed by atoms with Crippen LogP contribution in [0.3, 0.4) is 0 Å². The highest BCUT2D eigenvalue weighted by Crippen LogP contribution is 2.22. The van der Waals surface area contributed by atoms with E-state index in [-0.39, 0.29) is 5.91 Å². The van der Waals surface area contributed by atoms with Crippen molar-refractivity contribution >= 4 is 22.5 Å². The molecule has 0 aliphatic heterocycles. The first-order valence-electron chi connectivity index (χ1n) is 7.91. The third kappa shape index (κ3) is 3.20. The van der Waals surface area contributed by atoms with Crippen molar-refractivity contribution in [2.24, 2.45) is 0 Å². The molecule has 1 aliphatic rings. The largest absolute Gasteiger partial charge is 0.399 e. The van der Waals surface area contributed by atoms with Crippen molar-refractivity contribution in [2.75, 3.05) is 5.73 Å². The topological polar surface area (TPSA) is 70.9 Å². The van der Waals surface area contributed by atoms with Crippen molar-refractivity contribution in [1.29, 1.82) is 0 Å². The molecule has 2 aromatic rings. The Morgan fingerprint density at radius 2 is 1.86 bits per heavy atom. The van der Waals surface area contributed by atoms with E-state index in [1.807, 2.05) is 18.2 Å². The average Bonchev–Trinajstić information content (AvgIpc) is 2.84. The Morgan fingerprint density at radius 1 is 1.14 bits per heavy atom. The van der Waals surface area contributed by atoms with Crippen LogP contribution >= 0.6 is 0 Å². The van der Waals surface area contributed by atoms with Gasteiger partial charge in [0.1, 0.15) is 0 Å². The fraction of sp³-hybridized carbons (Fsp3) is 0.471. The van der Waals surface area contributed by atoms with E-state index < -0.39 is 0 Å². The lowest BCUT2D eigenvalue weighted by Gasteiger charge is -2.20. The lowest BCUT2D eigenvalue weighted by atomic mass is 9.96. The van der Waals surface area contributed by atoms with Crippen LogP contribution in [0.25, 0.3) is 10.9 Å². The van der Waals surface area contributed by atoms with Crippen LogP contribution in [0.4, 0.5) is 5.69 Å². The quantitative estimate of drug-likeness (QED) is 0.738. The smallest absolute Gasteiger partial charge is 0.253 e. The van der Waals surface area contributed by atoms with E-state index >= 15 is 0 Å². The van der Waals surface area contributed by atoms with Crippen LogP contribution in [-0.4, -0.2) is 16.9 Å². The molecule has 4 nitrogen and oxygen atoms in total. The summed E-state index contributed by atoms with van der Waals surface area (Å²) in [5, 5.41) is 4.14. The Bertz CT molecular complexity index is 624. The first kappa shape index (κ1) is 14.0. The number of benzene rings is 1. The monoisotopic (exact) mass is 285 g/mol. The molecule has 1 aliphatic carbocycles. The van der Waals surface area contributed by atoms with E-state index in [1.54, 1.807) is 6.20 Å². The summed E-state index contributed by atoms with van der Waals surface area (Å²) in [5.41, 5.74) is 8.10. The van der Waals surface area contributed by atoms with Crippen LogP contribution in [0.5, 0.6) is 0 Å². The van der Waals surface area contributed by atoms with Gasteiger partial charge in [0.15, 0.2) is 0 Å². The number of hydrogen-bond donors (Lipinski definition) is 3. The van der Waals surface area contributed by atoms with Gasteiger partial charge in [0.05, 0.1) is 5.56 Å². The van der Waals surface area contributed by atoms with Gasteiger partial charge < -0.3 is 16.0 Å². The van der Waals surface area contributed by atoms with E-state index in [4.69, 9.17) is 5.73 Å². The maximum Gasteiger partial charge on any atom is 0.253 e. The third-order valence-electron chi connectivity index (χ3n) is 4.39. The number of amides is 1. The van der Waals surface area contributed by atoms with Crippen LogP contribution in [0.2, 0.25) is 0 Å². The van der Waals surface area contributed by atoms with Gasteiger partial charge in [-0.15, -0.1) is 0 Å². The zero-order valence-electron chi connectivity index (χ0n) is 12.3. The van der Waals surface area contributed by atoms with Gasteiger partial charge in [-0.3, -0.25) is 4.79 Å². The number of H-pyrrole nitrogens is 1. The molecule has 0 bridgehead atoms. The average molecular weight is 285 g/mol. The molecule has 0 saturated heterocycles. The number of aromatic nitrogens is 1. The Kier molecular flexibility index (Phi) is 4.13.